The van der Waals surface area contributed by atoms with Crippen molar-refractivity contribution in [2.45, 2.75) is 6.54 Å². The highest BCUT2D eigenvalue weighted by atomic mass is 35.5. The Labute approximate surface area is 184 Å². The third kappa shape index (κ3) is 3.52. The van der Waals surface area contributed by atoms with Crippen LogP contribution in [0.15, 0.2) is 69.6 Å². The summed E-state index contributed by atoms with van der Waals surface area (Å²) in [6.45, 7) is 0.116. The molecule has 0 atom stereocenters. The van der Waals surface area contributed by atoms with Gasteiger partial charge in [0.1, 0.15) is 11.4 Å². The second-order valence-corrected chi connectivity index (χ2v) is 8.27. The van der Waals surface area contributed by atoms with E-state index < -0.39 is 0 Å². The van der Waals surface area contributed by atoms with E-state index in [0.29, 0.717) is 32.0 Å². The molecule has 0 fully saturated rings. The van der Waals surface area contributed by atoms with Crippen LogP contribution < -0.4 is 5.56 Å². The maximum atomic E-state index is 13.2. The van der Waals surface area contributed by atoms with Crippen LogP contribution >= 0.6 is 34.5 Å². The lowest BCUT2D eigenvalue weighted by molar-refractivity contribution is 0.369. The number of hydrogen-bond donors (Lipinski definition) is 0. The van der Waals surface area contributed by atoms with Gasteiger partial charge in [0.25, 0.3) is 5.56 Å². The topological polar surface area (TPSA) is 73.8 Å². The van der Waals surface area contributed by atoms with Gasteiger partial charge in [-0.05, 0) is 29.8 Å². The molecule has 30 heavy (non-hydrogen) atoms. The molecule has 0 spiro atoms. The van der Waals surface area contributed by atoms with Gasteiger partial charge in [0.2, 0.25) is 11.7 Å². The molecule has 0 aliphatic rings. The number of fused-ring (bicyclic) bond motifs is 1. The summed E-state index contributed by atoms with van der Waals surface area (Å²) in [7, 11) is 0. The fraction of sp³-hybridized carbons (Fsp3) is 0.0476. The van der Waals surface area contributed by atoms with Gasteiger partial charge >= 0.3 is 0 Å². The van der Waals surface area contributed by atoms with Crippen molar-refractivity contribution in [3.05, 3.63) is 86.5 Å². The molecule has 0 amide bonds. The van der Waals surface area contributed by atoms with E-state index in [2.05, 4.69) is 15.1 Å². The number of hydrogen-bond acceptors (Lipinski definition) is 6. The van der Waals surface area contributed by atoms with E-state index in [1.807, 2.05) is 29.6 Å². The van der Waals surface area contributed by atoms with Crippen LogP contribution in [0.3, 0.4) is 0 Å². The van der Waals surface area contributed by atoms with Crippen LogP contribution in [0, 0.1) is 0 Å². The number of nitrogens with zero attached hydrogens (tertiary/aromatic N) is 4. The van der Waals surface area contributed by atoms with Crippen molar-refractivity contribution in [2.75, 3.05) is 0 Å². The van der Waals surface area contributed by atoms with Crippen molar-refractivity contribution in [2.24, 2.45) is 0 Å². The third-order valence-electron chi connectivity index (χ3n) is 4.57. The summed E-state index contributed by atoms with van der Waals surface area (Å²) in [5.74, 6) is 0.712. The molecular weight excluding hydrogens is 443 g/mol. The van der Waals surface area contributed by atoms with Crippen LogP contribution in [0.25, 0.3) is 32.7 Å². The molecule has 2 aromatic carbocycles. The van der Waals surface area contributed by atoms with E-state index in [1.54, 1.807) is 24.3 Å². The summed E-state index contributed by atoms with van der Waals surface area (Å²) in [5.41, 5.74) is 2.29. The van der Waals surface area contributed by atoms with E-state index in [9.17, 15) is 4.79 Å². The lowest BCUT2D eigenvalue weighted by Gasteiger charge is -2.04. The SMILES string of the molecule is O=c1c2c(-c3ccc(Cl)cc3)csc2ncn1Cc1nc(-c2cccc(Cl)c2)no1. The Morgan fingerprint density at radius 3 is 2.67 bits per heavy atom. The van der Waals surface area contributed by atoms with Gasteiger partial charge in [-0.15, -0.1) is 11.3 Å². The van der Waals surface area contributed by atoms with Crippen molar-refractivity contribution in [3.8, 4) is 22.5 Å². The van der Waals surface area contributed by atoms with Crippen molar-refractivity contribution in [1.82, 2.24) is 19.7 Å². The third-order valence-corrected chi connectivity index (χ3v) is 5.95. The van der Waals surface area contributed by atoms with E-state index >= 15 is 0 Å². The van der Waals surface area contributed by atoms with Crippen molar-refractivity contribution in [3.63, 3.8) is 0 Å². The molecule has 0 aliphatic heterocycles. The molecule has 0 radical (unpaired) electrons. The highest BCUT2D eigenvalue weighted by Crippen LogP contribution is 2.31. The molecule has 148 valence electrons. The first-order chi connectivity index (χ1) is 14.6. The van der Waals surface area contributed by atoms with Gasteiger partial charge in [-0.3, -0.25) is 9.36 Å². The molecule has 0 saturated heterocycles. The Hall–Kier alpha value is -3.00. The number of halogens is 2. The molecule has 6 nitrogen and oxygen atoms in total. The van der Waals surface area contributed by atoms with Gasteiger partial charge in [-0.1, -0.05) is 52.6 Å². The molecule has 0 bridgehead atoms. The second-order valence-electron chi connectivity index (χ2n) is 6.54. The van der Waals surface area contributed by atoms with Gasteiger partial charge < -0.3 is 4.52 Å². The number of thiophene rings is 1. The standard InChI is InChI=1S/C21H12Cl2N4O2S/c22-14-6-4-12(5-7-14)16-10-30-20-18(16)21(28)27(11-24-20)9-17-25-19(26-29-17)13-2-1-3-15(23)8-13/h1-8,10-11H,9H2. The minimum Gasteiger partial charge on any atom is -0.337 e. The molecule has 0 N–H and O–H groups in total. The largest absolute Gasteiger partial charge is 0.337 e. The average Bonchev–Trinajstić information content (AvgIpc) is 3.38. The highest BCUT2D eigenvalue weighted by Gasteiger charge is 2.16. The minimum absolute atomic E-state index is 0.116. The van der Waals surface area contributed by atoms with E-state index in [0.717, 1.165) is 16.7 Å². The van der Waals surface area contributed by atoms with Gasteiger partial charge in [-0.2, -0.15) is 4.98 Å². The molecule has 0 saturated carbocycles. The first kappa shape index (κ1) is 19.0. The first-order valence-corrected chi connectivity index (χ1v) is 10.5. The van der Waals surface area contributed by atoms with E-state index in [1.165, 1.54) is 22.2 Å². The quantitative estimate of drug-likeness (QED) is 0.356. The van der Waals surface area contributed by atoms with Crippen LogP contribution in [0.5, 0.6) is 0 Å². The fourth-order valence-corrected chi connectivity index (χ4v) is 4.35. The number of benzene rings is 2. The van der Waals surface area contributed by atoms with Gasteiger partial charge in [-0.25, -0.2) is 4.98 Å². The molecule has 3 heterocycles. The van der Waals surface area contributed by atoms with Crippen LogP contribution in [0.4, 0.5) is 0 Å². The lowest BCUT2D eigenvalue weighted by Crippen LogP contribution is -2.21. The summed E-state index contributed by atoms with van der Waals surface area (Å²) in [5, 5.41) is 7.69. The molecule has 5 rings (SSSR count). The smallest absolute Gasteiger partial charge is 0.263 e. The first-order valence-electron chi connectivity index (χ1n) is 8.89. The zero-order valence-electron chi connectivity index (χ0n) is 15.3. The van der Waals surface area contributed by atoms with E-state index in [-0.39, 0.29) is 12.1 Å². The monoisotopic (exact) mass is 454 g/mol. The summed E-state index contributed by atoms with van der Waals surface area (Å²) < 4.78 is 6.80. The molecule has 9 heteroatoms. The zero-order valence-corrected chi connectivity index (χ0v) is 17.6. The maximum Gasteiger partial charge on any atom is 0.263 e. The van der Waals surface area contributed by atoms with Crippen LogP contribution in [-0.4, -0.2) is 19.7 Å². The average molecular weight is 455 g/mol. The predicted octanol–water partition coefficient (Wildman–Crippen LogP) is 5.53. The number of rotatable bonds is 4. The van der Waals surface area contributed by atoms with Crippen LogP contribution in [-0.2, 0) is 6.54 Å². The van der Waals surface area contributed by atoms with Crippen molar-refractivity contribution >= 4 is 44.8 Å². The molecular formula is C21H12Cl2N4O2S. The second kappa shape index (κ2) is 7.68. The van der Waals surface area contributed by atoms with Gasteiger partial charge in [0.05, 0.1) is 11.7 Å². The van der Waals surface area contributed by atoms with Gasteiger partial charge in [0.15, 0.2) is 0 Å². The van der Waals surface area contributed by atoms with Crippen molar-refractivity contribution < 1.29 is 4.52 Å². The summed E-state index contributed by atoms with van der Waals surface area (Å²) in [6, 6.07) is 14.5. The van der Waals surface area contributed by atoms with Crippen molar-refractivity contribution in [1.29, 1.82) is 0 Å². The highest BCUT2D eigenvalue weighted by molar-refractivity contribution is 7.17. The van der Waals surface area contributed by atoms with E-state index in [4.69, 9.17) is 27.7 Å². The van der Waals surface area contributed by atoms with Crippen LogP contribution in [0.1, 0.15) is 5.89 Å². The maximum absolute atomic E-state index is 13.2. The van der Waals surface area contributed by atoms with Crippen LogP contribution in [0.2, 0.25) is 10.0 Å². The molecule has 5 aromatic rings. The normalized spacial score (nSPS) is 11.3. The molecule has 0 unspecified atom stereocenters. The Bertz CT molecular complexity index is 1420. The molecule has 0 aliphatic carbocycles. The Balaban J connectivity index is 1.51. The Kier molecular flexibility index (Phi) is 4.86. The fourth-order valence-electron chi connectivity index (χ4n) is 3.13. The minimum atomic E-state index is -0.172. The Morgan fingerprint density at radius 2 is 1.87 bits per heavy atom. The number of aromatic nitrogens is 4. The van der Waals surface area contributed by atoms with Gasteiger partial charge in [0, 0.05) is 26.6 Å². The summed E-state index contributed by atoms with van der Waals surface area (Å²) >= 11 is 13.4. The Morgan fingerprint density at radius 1 is 1.03 bits per heavy atom. The predicted molar refractivity (Wildman–Crippen MR) is 118 cm³/mol. The summed E-state index contributed by atoms with van der Waals surface area (Å²) in [6.07, 6.45) is 1.50. The molecule has 3 aromatic heterocycles. The zero-order chi connectivity index (χ0) is 20.7. The lowest BCUT2D eigenvalue weighted by atomic mass is 10.1. The summed E-state index contributed by atoms with van der Waals surface area (Å²) in [4.78, 5) is 22.7.